The molecule has 0 saturated carbocycles. The van der Waals surface area contributed by atoms with E-state index in [2.05, 4.69) is 0 Å². The van der Waals surface area contributed by atoms with Crippen LogP contribution in [0.3, 0.4) is 0 Å². The first-order valence-corrected chi connectivity index (χ1v) is 11.0. The second kappa shape index (κ2) is 10.6. The highest BCUT2D eigenvalue weighted by molar-refractivity contribution is 6.06. The highest BCUT2D eigenvalue weighted by Gasteiger charge is 2.26. The number of nitrogens with zero attached hydrogens (tertiary/aromatic N) is 2. The van der Waals surface area contributed by atoms with Gasteiger partial charge in [-0.1, -0.05) is 48.5 Å². The molecule has 168 valence electrons. The van der Waals surface area contributed by atoms with Crippen LogP contribution in [0, 0.1) is 0 Å². The molecule has 1 heterocycles. The number of hydrogen-bond acceptors (Lipinski definition) is 4. The van der Waals surface area contributed by atoms with Gasteiger partial charge in [0, 0.05) is 30.9 Å². The molecule has 1 aliphatic rings. The number of amides is 2. The average Bonchev–Trinajstić information content (AvgIpc) is 3.29. The number of hydrogen-bond donors (Lipinski definition) is 1. The Morgan fingerprint density at radius 3 is 2.21 bits per heavy atom. The number of carbonyl (C=O) groups excluding carboxylic acids is 2. The first-order valence-electron chi connectivity index (χ1n) is 11.0. The monoisotopic (exact) mass is 441 g/mol. The molecule has 33 heavy (non-hydrogen) atoms. The fourth-order valence-corrected chi connectivity index (χ4v) is 3.69. The molecule has 0 aromatic heterocycles. The zero-order chi connectivity index (χ0) is 23.0. The largest absolute Gasteiger partial charge is 0.457 e. The van der Waals surface area contributed by atoms with Crippen molar-refractivity contribution in [2.75, 3.05) is 24.5 Å². The summed E-state index contributed by atoms with van der Waals surface area (Å²) in [5.41, 5.74) is 7.49. The fraction of sp³-hybridized carbons (Fsp3) is 0.185. The van der Waals surface area contributed by atoms with Crippen molar-refractivity contribution in [3.05, 3.63) is 96.6 Å². The van der Waals surface area contributed by atoms with E-state index >= 15 is 0 Å². The van der Waals surface area contributed by atoms with E-state index in [-0.39, 0.29) is 24.4 Å². The topological polar surface area (TPSA) is 75.9 Å². The van der Waals surface area contributed by atoms with E-state index in [0.29, 0.717) is 24.5 Å². The van der Waals surface area contributed by atoms with Gasteiger partial charge in [-0.25, -0.2) is 0 Å². The zero-order valence-electron chi connectivity index (χ0n) is 18.3. The van der Waals surface area contributed by atoms with Crippen LogP contribution in [0.2, 0.25) is 0 Å². The Balaban J connectivity index is 1.52. The smallest absolute Gasteiger partial charge is 0.251 e. The van der Waals surface area contributed by atoms with Crippen molar-refractivity contribution in [3.63, 3.8) is 0 Å². The first-order chi connectivity index (χ1) is 16.1. The highest BCUT2D eigenvalue weighted by Crippen LogP contribution is 2.25. The molecule has 0 aliphatic carbocycles. The van der Waals surface area contributed by atoms with Crippen LogP contribution in [0.5, 0.6) is 11.5 Å². The molecule has 0 bridgehead atoms. The van der Waals surface area contributed by atoms with E-state index in [1.807, 2.05) is 60.7 Å². The number of nitrogens with two attached hydrogens (primary N) is 1. The van der Waals surface area contributed by atoms with E-state index in [1.54, 1.807) is 35.2 Å². The number of para-hydroxylation sites is 1. The van der Waals surface area contributed by atoms with Crippen molar-refractivity contribution in [1.29, 1.82) is 0 Å². The molecule has 1 atom stereocenters. The van der Waals surface area contributed by atoms with E-state index in [0.717, 1.165) is 17.7 Å². The molecule has 6 heteroatoms. The Bertz CT molecular complexity index is 1100. The maximum Gasteiger partial charge on any atom is 0.251 e. The Hall–Kier alpha value is -3.90. The molecule has 3 aromatic rings. The minimum Gasteiger partial charge on any atom is -0.457 e. The van der Waals surface area contributed by atoms with Gasteiger partial charge in [-0.3, -0.25) is 14.5 Å². The molecule has 2 amide bonds. The predicted octanol–water partition coefficient (Wildman–Crippen LogP) is 4.08. The summed E-state index contributed by atoms with van der Waals surface area (Å²) in [6.45, 7) is 1.08. The van der Waals surface area contributed by atoms with E-state index in [9.17, 15) is 9.59 Å². The second-order valence-corrected chi connectivity index (χ2v) is 7.97. The Labute approximate surface area is 193 Å². The maximum atomic E-state index is 13.1. The van der Waals surface area contributed by atoms with Crippen molar-refractivity contribution in [2.45, 2.75) is 12.5 Å². The summed E-state index contributed by atoms with van der Waals surface area (Å²) in [6.07, 6.45) is 4.02. The summed E-state index contributed by atoms with van der Waals surface area (Å²) in [6, 6.07) is 26.2. The van der Waals surface area contributed by atoms with Crippen LogP contribution in [-0.2, 0) is 9.59 Å². The molecule has 2 N–H and O–H groups in total. The predicted molar refractivity (Wildman–Crippen MR) is 130 cm³/mol. The van der Waals surface area contributed by atoms with Crippen LogP contribution >= 0.6 is 0 Å². The van der Waals surface area contributed by atoms with Gasteiger partial charge >= 0.3 is 0 Å². The van der Waals surface area contributed by atoms with Gasteiger partial charge < -0.3 is 15.4 Å². The standard InChI is InChI=1S/C27H27N3O3/c28-22-17-18-29(19-22)27(32)20-30(26(31)16-11-21-7-3-1-4-8-21)23-12-14-25(15-13-23)33-24-9-5-2-6-10-24/h1-16,22H,17-20,28H2/b16-11+. The van der Waals surface area contributed by atoms with Crippen molar-refractivity contribution >= 4 is 23.6 Å². The minimum atomic E-state index is -0.271. The Morgan fingerprint density at radius 2 is 1.58 bits per heavy atom. The molecule has 0 spiro atoms. The van der Waals surface area contributed by atoms with Gasteiger partial charge in [-0.2, -0.15) is 0 Å². The third kappa shape index (κ3) is 6.08. The molecule has 4 rings (SSSR count). The summed E-state index contributed by atoms with van der Waals surface area (Å²) < 4.78 is 5.85. The molecular weight excluding hydrogens is 414 g/mol. The number of benzene rings is 3. The summed E-state index contributed by atoms with van der Waals surface area (Å²) in [4.78, 5) is 29.2. The second-order valence-electron chi connectivity index (χ2n) is 7.97. The average molecular weight is 442 g/mol. The number of likely N-dealkylation sites (tertiary alicyclic amines) is 1. The molecule has 1 saturated heterocycles. The normalized spacial score (nSPS) is 15.5. The number of ether oxygens (including phenoxy) is 1. The third-order valence-corrected chi connectivity index (χ3v) is 5.48. The van der Waals surface area contributed by atoms with Gasteiger partial charge in [-0.15, -0.1) is 0 Å². The van der Waals surface area contributed by atoms with Crippen molar-refractivity contribution in [3.8, 4) is 11.5 Å². The maximum absolute atomic E-state index is 13.1. The highest BCUT2D eigenvalue weighted by atomic mass is 16.5. The van der Waals surface area contributed by atoms with Gasteiger partial charge in [0.05, 0.1) is 0 Å². The fourth-order valence-electron chi connectivity index (χ4n) is 3.69. The number of rotatable bonds is 7. The van der Waals surface area contributed by atoms with Crippen molar-refractivity contribution in [2.24, 2.45) is 5.73 Å². The van der Waals surface area contributed by atoms with Gasteiger partial charge in [-0.05, 0) is 54.5 Å². The lowest BCUT2D eigenvalue weighted by Gasteiger charge is -2.24. The lowest BCUT2D eigenvalue weighted by atomic mass is 10.2. The van der Waals surface area contributed by atoms with E-state index in [4.69, 9.17) is 10.5 Å². The van der Waals surface area contributed by atoms with Gasteiger partial charge in [0.15, 0.2) is 0 Å². The lowest BCUT2D eigenvalue weighted by Crippen LogP contribution is -2.42. The third-order valence-electron chi connectivity index (χ3n) is 5.48. The first kappa shape index (κ1) is 22.3. The molecular formula is C27H27N3O3. The summed E-state index contributed by atoms with van der Waals surface area (Å²) >= 11 is 0. The molecule has 0 radical (unpaired) electrons. The lowest BCUT2D eigenvalue weighted by molar-refractivity contribution is -0.130. The Morgan fingerprint density at radius 1 is 0.939 bits per heavy atom. The molecule has 3 aromatic carbocycles. The van der Waals surface area contributed by atoms with Crippen LogP contribution in [0.4, 0.5) is 5.69 Å². The van der Waals surface area contributed by atoms with Crippen molar-refractivity contribution in [1.82, 2.24) is 4.90 Å². The molecule has 1 unspecified atom stereocenters. The summed E-state index contributed by atoms with van der Waals surface area (Å²) in [5.74, 6) is 0.986. The minimum absolute atomic E-state index is 0.00880. The molecule has 6 nitrogen and oxygen atoms in total. The quantitative estimate of drug-likeness (QED) is 0.561. The van der Waals surface area contributed by atoms with Crippen LogP contribution in [0.25, 0.3) is 6.08 Å². The van der Waals surface area contributed by atoms with Crippen LogP contribution in [0.1, 0.15) is 12.0 Å². The van der Waals surface area contributed by atoms with E-state index < -0.39 is 0 Å². The van der Waals surface area contributed by atoms with Gasteiger partial charge in [0.2, 0.25) is 5.91 Å². The SMILES string of the molecule is NC1CCN(C(=O)CN(C(=O)/C=C/c2ccccc2)c2ccc(Oc3ccccc3)cc2)C1. The summed E-state index contributed by atoms with van der Waals surface area (Å²) in [7, 11) is 0. The van der Waals surface area contributed by atoms with Crippen LogP contribution < -0.4 is 15.4 Å². The van der Waals surface area contributed by atoms with Crippen molar-refractivity contribution < 1.29 is 14.3 Å². The number of anilines is 1. The number of carbonyl (C=O) groups is 2. The zero-order valence-corrected chi connectivity index (χ0v) is 18.3. The molecule has 1 aliphatic heterocycles. The van der Waals surface area contributed by atoms with Crippen LogP contribution in [-0.4, -0.2) is 42.4 Å². The summed E-state index contributed by atoms with van der Waals surface area (Å²) in [5, 5.41) is 0. The molecule has 1 fully saturated rings. The van der Waals surface area contributed by atoms with E-state index in [1.165, 1.54) is 11.0 Å². The Kier molecular flexibility index (Phi) is 7.17. The van der Waals surface area contributed by atoms with Gasteiger partial charge in [0.25, 0.3) is 5.91 Å². The van der Waals surface area contributed by atoms with Gasteiger partial charge in [0.1, 0.15) is 18.0 Å². The van der Waals surface area contributed by atoms with Crippen LogP contribution in [0.15, 0.2) is 91.0 Å².